The normalized spacial score (nSPS) is 14.9. The highest BCUT2D eigenvalue weighted by molar-refractivity contribution is 5.76. The molecule has 160 valence electrons. The van der Waals surface area contributed by atoms with Crippen molar-refractivity contribution in [3.05, 3.63) is 0 Å². The predicted octanol–water partition coefficient (Wildman–Crippen LogP) is 6.81. The van der Waals surface area contributed by atoms with E-state index in [9.17, 15) is 4.79 Å². The summed E-state index contributed by atoms with van der Waals surface area (Å²) in [6, 6.07) is 0. The zero-order chi connectivity index (χ0) is 19.4. The molecule has 0 spiro atoms. The SMILES string of the molecule is CCCCCCCCCCCCCCCCCCNCN1CCCCC1=O. The van der Waals surface area contributed by atoms with Crippen molar-refractivity contribution in [3.63, 3.8) is 0 Å². The molecule has 0 aromatic rings. The molecule has 1 amide bonds. The summed E-state index contributed by atoms with van der Waals surface area (Å²) in [6.07, 6.45) is 25.7. The fourth-order valence-electron chi connectivity index (χ4n) is 4.04. The number of unbranched alkanes of at least 4 members (excludes halogenated alkanes) is 15. The lowest BCUT2D eigenvalue weighted by Crippen LogP contribution is -2.41. The molecule has 0 saturated carbocycles. The molecule has 1 aliphatic rings. The van der Waals surface area contributed by atoms with Crippen LogP contribution in [-0.4, -0.2) is 30.6 Å². The van der Waals surface area contributed by atoms with E-state index in [0.29, 0.717) is 5.91 Å². The Balaban J connectivity index is 1.69. The first kappa shape index (κ1) is 24.5. The Bertz CT molecular complexity index is 332. The number of rotatable bonds is 19. The standard InChI is InChI=1S/C24H48N2O/c1-2-3-4-5-6-7-8-9-10-11-12-13-14-15-16-18-21-25-23-26-22-19-17-20-24(26)27/h25H,2-23H2,1H3. The summed E-state index contributed by atoms with van der Waals surface area (Å²) in [5, 5.41) is 3.44. The number of piperidine rings is 1. The molecule has 0 bridgehead atoms. The van der Waals surface area contributed by atoms with Crippen LogP contribution in [0.25, 0.3) is 0 Å². The number of hydrogen-bond donors (Lipinski definition) is 1. The summed E-state index contributed by atoms with van der Waals surface area (Å²) >= 11 is 0. The first-order valence-corrected chi connectivity index (χ1v) is 12.3. The quantitative estimate of drug-likeness (QED) is 0.250. The van der Waals surface area contributed by atoms with Gasteiger partial charge in [0.15, 0.2) is 0 Å². The van der Waals surface area contributed by atoms with Gasteiger partial charge < -0.3 is 4.90 Å². The minimum atomic E-state index is 0.334. The zero-order valence-electron chi connectivity index (χ0n) is 18.4. The van der Waals surface area contributed by atoms with Gasteiger partial charge in [-0.05, 0) is 25.8 Å². The smallest absolute Gasteiger partial charge is 0.223 e. The highest BCUT2D eigenvalue weighted by atomic mass is 16.2. The van der Waals surface area contributed by atoms with Gasteiger partial charge in [0.2, 0.25) is 5.91 Å². The van der Waals surface area contributed by atoms with Crippen molar-refractivity contribution in [1.82, 2.24) is 10.2 Å². The minimum absolute atomic E-state index is 0.334. The maximum atomic E-state index is 11.7. The Labute approximate surface area is 170 Å². The summed E-state index contributed by atoms with van der Waals surface area (Å²) < 4.78 is 0. The molecular weight excluding hydrogens is 332 g/mol. The average Bonchev–Trinajstić information content (AvgIpc) is 2.68. The summed E-state index contributed by atoms with van der Waals surface area (Å²) in [5.41, 5.74) is 0. The largest absolute Gasteiger partial charge is 0.330 e. The van der Waals surface area contributed by atoms with E-state index >= 15 is 0 Å². The van der Waals surface area contributed by atoms with Crippen LogP contribution in [0.5, 0.6) is 0 Å². The lowest BCUT2D eigenvalue weighted by atomic mass is 10.0. The van der Waals surface area contributed by atoms with E-state index in [1.807, 2.05) is 4.90 Å². The second-order valence-electron chi connectivity index (χ2n) is 8.58. The van der Waals surface area contributed by atoms with Gasteiger partial charge in [0, 0.05) is 13.0 Å². The van der Waals surface area contributed by atoms with Gasteiger partial charge >= 0.3 is 0 Å². The number of amides is 1. The molecule has 1 fully saturated rings. The van der Waals surface area contributed by atoms with Gasteiger partial charge in [0.25, 0.3) is 0 Å². The lowest BCUT2D eigenvalue weighted by molar-refractivity contribution is -0.133. The highest BCUT2D eigenvalue weighted by Crippen LogP contribution is 2.13. The molecule has 0 unspecified atom stereocenters. The summed E-state index contributed by atoms with van der Waals surface area (Å²) in [6.45, 7) is 5.06. The molecule has 1 aliphatic heterocycles. The van der Waals surface area contributed by atoms with E-state index in [4.69, 9.17) is 0 Å². The molecule has 27 heavy (non-hydrogen) atoms. The average molecular weight is 381 g/mol. The van der Waals surface area contributed by atoms with Crippen LogP contribution < -0.4 is 5.32 Å². The van der Waals surface area contributed by atoms with Crippen LogP contribution >= 0.6 is 0 Å². The van der Waals surface area contributed by atoms with Gasteiger partial charge in [0.1, 0.15) is 0 Å². The number of likely N-dealkylation sites (tertiary alicyclic amines) is 1. The van der Waals surface area contributed by atoms with Crippen molar-refractivity contribution in [3.8, 4) is 0 Å². The van der Waals surface area contributed by atoms with Crippen LogP contribution in [-0.2, 0) is 4.79 Å². The van der Waals surface area contributed by atoms with Crippen LogP contribution in [0, 0.1) is 0 Å². The van der Waals surface area contributed by atoms with E-state index in [1.54, 1.807) is 0 Å². The van der Waals surface area contributed by atoms with E-state index in [2.05, 4.69) is 12.2 Å². The van der Waals surface area contributed by atoms with Gasteiger partial charge in [-0.15, -0.1) is 0 Å². The van der Waals surface area contributed by atoms with Crippen molar-refractivity contribution in [2.24, 2.45) is 0 Å². The van der Waals surface area contributed by atoms with Crippen molar-refractivity contribution >= 4 is 5.91 Å². The van der Waals surface area contributed by atoms with Gasteiger partial charge in [0.05, 0.1) is 6.67 Å². The summed E-state index contributed by atoms with van der Waals surface area (Å²) in [4.78, 5) is 13.7. The van der Waals surface area contributed by atoms with Gasteiger partial charge in [-0.25, -0.2) is 0 Å². The Kier molecular flexibility index (Phi) is 17.0. The second kappa shape index (κ2) is 18.8. The van der Waals surface area contributed by atoms with Crippen LogP contribution in [0.15, 0.2) is 0 Å². The third-order valence-electron chi connectivity index (χ3n) is 5.93. The Morgan fingerprint density at radius 3 is 1.67 bits per heavy atom. The van der Waals surface area contributed by atoms with Crippen molar-refractivity contribution in [1.29, 1.82) is 0 Å². The molecule has 1 rings (SSSR count). The third kappa shape index (κ3) is 15.1. The van der Waals surface area contributed by atoms with Gasteiger partial charge in [-0.3, -0.25) is 10.1 Å². The van der Waals surface area contributed by atoms with Crippen molar-refractivity contribution in [2.45, 2.75) is 129 Å². The number of nitrogens with zero attached hydrogens (tertiary/aromatic N) is 1. The van der Waals surface area contributed by atoms with E-state index in [1.165, 1.54) is 109 Å². The first-order valence-electron chi connectivity index (χ1n) is 12.3. The number of nitrogens with one attached hydrogen (secondary N) is 1. The zero-order valence-corrected chi connectivity index (χ0v) is 18.4. The third-order valence-corrected chi connectivity index (χ3v) is 5.93. The van der Waals surface area contributed by atoms with E-state index in [0.717, 1.165) is 32.6 Å². The summed E-state index contributed by atoms with van der Waals surface area (Å²) in [7, 11) is 0. The number of carbonyl (C=O) groups is 1. The molecule has 0 radical (unpaired) electrons. The minimum Gasteiger partial charge on any atom is -0.330 e. The van der Waals surface area contributed by atoms with Crippen LogP contribution in [0.4, 0.5) is 0 Å². The molecule has 0 aromatic carbocycles. The molecule has 0 aliphatic carbocycles. The monoisotopic (exact) mass is 380 g/mol. The van der Waals surface area contributed by atoms with Crippen LogP contribution in [0.3, 0.4) is 0 Å². The van der Waals surface area contributed by atoms with E-state index in [-0.39, 0.29) is 0 Å². The molecule has 0 atom stereocenters. The molecule has 1 N–H and O–H groups in total. The molecule has 1 saturated heterocycles. The molecule has 3 heteroatoms. The summed E-state index contributed by atoms with van der Waals surface area (Å²) in [5.74, 6) is 0.334. The Hall–Kier alpha value is -0.570. The maximum absolute atomic E-state index is 11.7. The number of hydrogen-bond acceptors (Lipinski definition) is 2. The fourth-order valence-corrected chi connectivity index (χ4v) is 4.04. The molecule has 3 nitrogen and oxygen atoms in total. The topological polar surface area (TPSA) is 32.3 Å². The fraction of sp³-hybridized carbons (Fsp3) is 0.958. The lowest BCUT2D eigenvalue weighted by Gasteiger charge is -2.26. The molecule has 0 aromatic heterocycles. The van der Waals surface area contributed by atoms with Crippen LogP contribution in [0.2, 0.25) is 0 Å². The molecular formula is C24H48N2O. The van der Waals surface area contributed by atoms with Gasteiger partial charge in [-0.1, -0.05) is 103 Å². The van der Waals surface area contributed by atoms with Crippen LogP contribution in [0.1, 0.15) is 129 Å². The maximum Gasteiger partial charge on any atom is 0.223 e. The highest BCUT2D eigenvalue weighted by Gasteiger charge is 2.16. The Morgan fingerprint density at radius 1 is 0.704 bits per heavy atom. The predicted molar refractivity (Wildman–Crippen MR) is 118 cm³/mol. The van der Waals surface area contributed by atoms with Gasteiger partial charge in [-0.2, -0.15) is 0 Å². The van der Waals surface area contributed by atoms with E-state index < -0.39 is 0 Å². The number of carbonyl (C=O) groups excluding carboxylic acids is 1. The van der Waals surface area contributed by atoms with Crippen molar-refractivity contribution in [2.75, 3.05) is 19.8 Å². The first-order chi connectivity index (χ1) is 13.3. The molecule has 1 heterocycles. The Morgan fingerprint density at radius 2 is 1.19 bits per heavy atom. The second-order valence-corrected chi connectivity index (χ2v) is 8.58. The van der Waals surface area contributed by atoms with Crippen molar-refractivity contribution < 1.29 is 4.79 Å².